The second-order valence-electron chi connectivity index (χ2n) is 5.16. The van der Waals surface area contributed by atoms with E-state index in [0.29, 0.717) is 22.1 Å². The molecule has 0 saturated heterocycles. The maximum absolute atomic E-state index is 12.0. The highest BCUT2D eigenvalue weighted by Crippen LogP contribution is 2.32. The predicted octanol–water partition coefficient (Wildman–Crippen LogP) is 4.32. The number of carbonyl (C=O) groups excluding carboxylic acids is 1. The number of amides is 1. The summed E-state index contributed by atoms with van der Waals surface area (Å²) in [6, 6.07) is 10.3. The van der Waals surface area contributed by atoms with E-state index in [1.165, 1.54) is 36.7 Å². The average Bonchev–Trinajstić information content (AvgIpc) is 3.10. The average molecular weight is 405 g/mol. The maximum atomic E-state index is 12.0. The molecule has 136 valence electrons. The molecule has 2 aromatic heterocycles. The van der Waals surface area contributed by atoms with Crippen molar-refractivity contribution < 1.29 is 14.1 Å². The number of nitro benzene ring substituents is 1. The van der Waals surface area contributed by atoms with Crippen LogP contribution in [-0.2, 0) is 0 Å². The first-order valence-electron chi connectivity index (χ1n) is 7.44. The van der Waals surface area contributed by atoms with Crippen LogP contribution in [0.3, 0.4) is 0 Å². The zero-order chi connectivity index (χ0) is 19.4. The molecule has 2 heterocycles. The zero-order valence-electron chi connectivity index (χ0n) is 13.4. The van der Waals surface area contributed by atoms with Crippen molar-refractivity contribution in [1.82, 2.24) is 10.4 Å². The van der Waals surface area contributed by atoms with Crippen LogP contribution in [0.15, 0.2) is 58.2 Å². The third-order valence-electron chi connectivity index (χ3n) is 3.41. The van der Waals surface area contributed by atoms with Gasteiger partial charge in [0.15, 0.2) is 0 Å². The lowest BCUT2D eigenvalue weighted by atomic mass is 10.1. The summed E-state index contributed by atoms with van der Waals surface area (Å²) in [4.78, 5) is 26.2. The molecule has 0 unspecified atom stereocenters. The molecule has 3 aromatic rings. The Hall–Kier alpha value is -3.23. The van der Waals surface area contributed by atoms with Gasteiger partial charge in [-0.3, -0.25) is 14.9 Å². The van der Waals surface area contributed by atoms with E-state index in [1.54, 1.807) is 18.2 Å². The van der Waals surface area contributed by atoms with Crippen LogP contribution in [0, 0.1) is 10.1 Å². The van der Waals surface area contributed by atoms with Gasteiger partial charge in [0.25, 0.3) is 11.6 Å². The van der Waals surface area contributed by atoms with E-state index in [4.69, 9.17) is 27.6 Å². The fourth-order valence-corrected chi connectivity index (χ4v) is 2.57. The molecule has 0 aliphatic rings. The molecule has 0 radical (unpaired) electrons. The molecule has 3 rings (SSSR count). The number of furan rings is 1. The molecule has 0 spiro atoms. The van der Waals surface area contributed by atoms with Crippen LogP contribution in [-0.4, -0.2) is 22.0 Å². The Labute approximate surface area is 162 Å². The Bertz CT molecular complexity index is 1050. The van der Waals surface area contributed by atoms with E-state index in [9.17, 15) is 14.9 Å². The van der Waals surface area contributed by atoms with Crippen molar-refractivity contribution in [3.63, 3.8) is 0 Å². The van der Waals surface area contributed by atoms with Gasteiger partial charge in [0, 0.05) is 23.9 Å². The van der Waals surface area contributed by atoms with Gasteiger partial charge in [-0.05, 0) is 30.3 Å². The van der Waals surface area contributed by atoms with Crippen molar-refractivity contribution in [3.8, 4) is 11.3 Å². The number of aromatic nitrogens is 1. The quantitative estimate of drug-likeness (QED) is 0.294. The van der Waals surface area contributed by atoms with Gasteiger partial charge in [-0.1, -0.05) is 23.2 Å². The first-order chi connectivity index (χ1) is 13.0. The normalized spacial score (nSPS) is 10.9. The van der Waals surface area contributed by atoms with Gasteiger partial charge in [0.2, 0.25) is 0 Å². The van der Waals surface area contributed by atoms with Crippen molar-refractivity contribution in [2.45, 2.75) is 0 Å². The largest absolute Gasteiger partial charge is 0.455 e. The second kappa shape index (κ2) is 7.98. The van der Waals surface area contributed by atoms with Crippen molar-refractivity contribution in [2.24, 2.45) is 5.10 Å². The fourth-order valence-electron chi connectivity index (χ4n) is 2.15. The van der Waals surface area contributed by atoms with Gasteiger partial charge < -0.3 is 4.42 Å². The first kappa shape index (κ1) is 18.6. The molecule has 27 heavy (non-hydrogen) atoms. The number of hydrogen-bond donors (Lipinski definition) is 1. The van der Waals surface area contributed by atoms with Crippen molar-refractivity contribution in [1.29, 1.82) is 0 Å². The van der Waals surface area contributed by atoms with Crippen molar-refractivity contribution in [2.75, 3.05) is 0 Å². The number of nitro groups is 1. The van der Waals surface area contributed by atoms with Gasteiger partial charge in [-0.25, -0.2) is 10.4 Å². The van der Waals surface area contributed by atoms with Crippen LogP contribution in [0.1, 0.15) is 16.1 Å². The molecule has 8 nitrogen and oxygen atoms in total. The van der Waals surface area contributed by atoms with Crippen LogP contribution < -0.4 is 5.43 Å². The van der Waals surface area contributed by atoms with Gasteiger partial charge in [0.1, 0.15) is 16.7 Å². The highest BCUT2D eigenvalue weighted by atomic mass is 35.5. The number of nitrogens with one attached hydrogen (secondary N) is 1. The Morgan fingerprint density at radius 2 is 2.07 bits per heavy atom. The highest BCUT2D eigenvalue weighted by Gasteiger charge is 2.14. The molecular weight excluding hydrogens is 395 g/mol. The fraction of sp³-hybridized carbons (Fsp3) is 0. The molecule has 10 heteroatoms. The summed E-state index contributed by atoms with van der Waals surface area (Å²) < 4.78 is 5.55. The summed E-state index contributed by atoms with van der Waals surface area (Å²) in [5.74, 6) is 0.106. The molecular formula is C17H10Cl2N4O4. The number of pyridine rings is 1. The highest BCUT2D eigenvalue weighted by molar-refractivity contribution is 6.33. The number of hydrogen-bond acceptors (Lipinski definition) is 6. The molecule has 1 aromatic carbocycles. The monoisotopic (exact) mass is 404 g/mol. The van der Waals surface area contributed by atoms with Crippen molar-refractivity contribution in [3.05, 3.63) is 80.3 Å². The lowest BCUT2D eigenvalue weighted by molar-refractivity contribution is -0.384. The van der Waals surface area contributed by atoms with Crippen LogP contribution in [0.4, 0.5) is 5.69 Å². The number of carbonyl (C=O) groups is 1. The summed E-state index contributed by atoms with van der Waals surface area (Å²) in [5.41, 5.74) is 2.75. The van der Waals surface area contributed by atoms with Gasteiger partial charge >= 0.3 is 0 Å². The third kappa shape index (κ3) is 4.30. The van der Waals surface area contributed by atoms with E-state index in [0.717, 1.165) is 0 Å². The van der Waals surface area contributed by atoms with Gasteiger partial charge in [0.05, 0.1) is 21.7 Å². The minimum atomic E-state index is -0.530. The Kier molecular flexibility index (Phi) is 5.49. The van der Waals surface area contributed by atoms with Crippen molar-refractivity contribution >= 4 is 41.0 Å². The van der Waals surface area contributed by atoms with Crippen LogP contribution >= 0.6 is 23.2 Å². The lowest BCUT2D eigenvalue weighted by Gasteiger charge is -2.01. The minimum Gasteiger partial charge on any atom is -0.455 e. The summed E-state index contributed by atoms with van der Waals surface area (Å²) in [5, 5.41) is 15.1. The Balaban J connectivity index is 1.74. The van der Waals surface area contributed by atoms with E-state index in [2.05, 4.69) is 15.5 Å². The Morgan fingerprint density at radius 3 is 2.81 bits per heavy atom. The van der Waals surface area contributed by atoms with Gasteiger partial charge in [-0.2, -0.15) is 5.10 Å². The molecule has 0 aliphatic heterocycles. The van der Waals surface area contributed by atoms with Gasteiger partial charge in [-0.15, -0.1) is 0 Å². The third-order valence-corrected chi connectivity index (χ3v) is 4.05. The SMILES string of the molecule is O=C(N/N=C/c1ccc(-c2cc([N+](=O)[O-])ccc2Cl)o1)c1cccnc1Cl. The number of halogens is 2. The number of non-ortho nitro benzene ring substituents is 1. The number of nitrogens with zero attached hydrogens (tertiary/aromatic N) is 3. The van der Waals surface area contributed by atoms with E-state index < -0.39 is 10.8 Å². The molecule has 0 bridgehead atoms. The number of rotatable bonds is 5. The number of hydrazone groups is 1. The second-order valence-corrected chi connectivity index (χ2v) is 5.93. The molecule has 1 N–H and O–H groups in total. The summed E-state index contributed by atoms with van der Waals surface area (Å²) in [7, 11) is 0. The lowest BCUT2D eigenvalue weighted by Crippen LogP contribution is -2.18. The van der Waals surface area contributed by atoms with Crippen LogP contribution in [0.25, 0.3) is 11.3 Å². The molecule has 0 fully saturated rings. The topological polar surface area (TPSA) is 111 Å². The smallest absolute Gasteiger partial charge is 0.274 e. The molecule has 1 amide bonds. The van der Waals surface area contributed by atoms with Crippen LogP contribution in [0.2, 0.25) is 10.2 Å². The minimum absolute atomic E-state index is 0.0609. The summed E-state index contributed by atoms with van der Waals surface area (Å²) >= 11 is 11.9. The summed E-state index contributed by atoms with van der Waals surface area (Å²) in [6.07, 6.45) is 2.74. The Morgan fingerprint density at radius 1 is 1.26 bits per heavy atom. The molecule has 0 saturated carbocycles. The first-order valence-corrected chi connectivity index (χ1v) is 8.19. The standard InChI is InChI=1S/C17H10Cl2N4O4/c18-14-5-3-10(23(25)26)8-13(14)15-6-4-11(27-15)9-21-22-17(24)12-2-1-7-20-16(12)19/h1-9H,(H,22,24)/b21-9+. The summed E-state index contributed by atoms with van der Waals surface area (Å²) in [6.45, 7) is 0. The molecule has 0 aliphatic carbocycles. The van der Waals surface area contributed by atoms with Crippen LogP contribution in [0.5, 0.6) is 0 Å². The van der Waals surface area contributed by atoms with E-state index in [-0.39, 0.29) is 16.4 Å². The molecule has 0 atom stereocenters. The predicted molar refractivity (Wildman–Crippen MR) is 100 cm³/mol. The maximum Gasteiger partial charge on any atom is 0.274 e. The number of benzene rings is 1. The van der Waals surface area contributed by atoms with E-state index >= 15 is 0 Å². The van der Waals surface area contributed by atoms with E-state index in [1.807, 2.05) is 0 Å². The zero-order valence-corrected chi connectivity index (χ0v) is 14.9.